The zero-order valence-electron chi connectivity index (χ0n) is 16.9. The summed E-state index contributed by atoms with van der Waals surface area (Å²) in [6, 6.07) is 8.03. The van der Waals surface area contributed by atoms with Crippen molar-refractivity contribution in [2.75, 3.05) is 18.5 Å². The van der Waals surface area contributed by atoms with Gasteiger partial charge in [0, 0.05) is 25.5 Å². The Kier molecular flexibility index (Phi) is 5.30. The van der Waals surface area contributed by atoms with E-state index in [-0.39, 0.29) is 18.6 Å². The predicted molar refractivity (Wildman–Crippen MR) is 117 cm³/mol. The average Bonchev–Trinajstić information content (AvgIpc) is 3.36. The van der Waals surface area contributed by atoms with E-state index in [1.807, 2.05) is 25.1 Å². The highest BCUT2D eigenvalue weighted by molar-refractivity contribution is 7.21. The van der Waals surface area contributed by atoms with Crippen molar-refractivity contribution in [2.24, 2.45) is 11.8 Å². The van der Waals surface area contributed by atoms with Crippen molar-refractivity contribution in [3.63, 3.8) is 0 Å². The summed E-state index contributed by atoms with van der Waals surface area (Å²) in [6.07, 6.45) is 2.84. The van der Waals surface area contributed by atoms with E-state index in [1.165, 1.54) is 12.8 Å². The van der Waals surface area contributed by atoms with Gasteiger partial charge in [-0.15, -0.1) is 11.3 Å². The number of aliphatic hydroxyl groups excluding tert-OH is 2. The molecular formula is C22H26N4O3S. The first-order valence-corrected chi connectivity index (χ1v) is 11.4. The van der Waals surface area contributed by atoms with Gasteiger partial charge in [-0.2, -0.15) is 4.98 Å². The number of rotatable bonds is 7. The molecule has 2 aromatic heterocycles. The van der Waals surface area contributed by atoms with Crippen molar-refractivity contribution in [2.45, 2.75) is 44.8 Å². The van der Waals surface area contributed by atoms with E-state index < -0.39 is 6.10 Å². The molecule has 0 amide bonds. The number of aryl methyl sites for hydroxylation is 1. The predicted octanol–water partition coefficient (Wildman–Crippen LogP) is 3.39. The zero-order valence-corrected chi connectivity index (χ0v) is 17.7. The summed E-state index contributed by atoms with van der Waals surface area (Å²) in [5.74, 6) is 1.61. The minimum absolute atomic E-state index is 0.0389. The van der Waals surface area contributed by atoms with Gasteiger partial charge in [-0.3, -0.25) is 0 Å². The topological polar surface area (TPSA) is 100 Å². The van der Waals surface area contributed by atoms with Gasteiger partial charge in [0.1, 0.15) is 11.1 Å². The van der Waals surface area contributed by atoms with E-state index in [2.05, 4.69) is 16.4 Å². The summed E-state index contributed by atoms with van der Waals surface area (Å²) in [7, 11) is 0. The first kappa shape index (κ1) is 19.7. The highest BCUT2D eigenvalue weighted by Gasteiger charge is 2.35. The maximum absolute atomic E-state index is 10.2. The SMILES string of the molecule is Cc1nc(NCC2CC2)nc(O[C@@H]2C[C@H](CO)[C@@H](O)C2)c1-c1nc2ccccc2s1. The zero-order chi connectivity index (χ0) is 20.7. The molecule has 2 aliphatic rings. The fraction of sp³-hybridized carbons (Fsp3) is 0.500. The number of anilines is 1. The number of nitrogens with zero attached hydrogens (tertiary/aromatic N) is 3. The van der Waals surface area contributed by atoms with Crippen molar-refractivity contribution < 1.29 is 14.9 Å². The third-order valence-corrected chi connectivity index (χ3v) is 6.99. The molecule has 2 saturated carbocycles. The van der Waals surface area contributed by atoms with Gasteiger partial charge in [0.25, 0.3) is 0 Å². The van der Waals surface area contributed by atoms with Crippen LogP contribution in [0.2, 0.25) is 0 Å². The maximum Gasteiger partial charge on any atom is 0.229 e. The second-order valence-electron chi connectivity index (χ2n) is 8.35. The summed E-state index contributed by atoms with van der Waals surface area (Å²) >= 11 is 1.60. The Morgan fingerprint density at radius 1 is 1.17 bits per heavy atom. The van der Waals surface area contributed by atoms with Gasteiger partial charge in [0.2, 0.25) is 11.8 Å². The number of ether oxygens (including phenoxy) is 1. The lowest BCUT2D eigenvalue weighted by atomic mass is 10.1. The molecule has 3 aromatic rings. The van der Waals surface area contributed by atoms with Crippen LogP contribution >= 0.6 is 11.3 Å². The summed E-state index contributed by atoms with van der Waals surface area (Å²) in [6.45, 7) is 2.79. The smallest absolute Gasteiger partial charge is 0.229 e. The van der Waals surface area contributed by atoms with Crippen molar-refractivity contribution in [3.05, 3.63) is 30.0 Å². The van der Waals surface area contributed by atoms with Crippen LogP contribution < -0.4 is 10.1 Å². The lowest BCUT2D eigenvalue weighted by Gasteiger charge is -2.17. The van der Waals surface area contributed by atoms with Crippen LogP contribution in [0.1, 0.15) is 31.4 Å². The first-order valence-electron chi connectivity index (χ1n) is 10.5. The van der Waals surface area contributed by atoms with Crippen LogP contribution in [-0.4, -0.2) is 50.5 Å². The largest absolute Gasteiger partial charge is 0.474 e. The molecule has 2 fully saturated rings. The molecular weight excluding hydrogens is 400 g/mol. The molecule has 3 N–H and O–H groups in total. The number of aromatic nitrogens is 3. The summed E-state index contributed by atoms with van der Waals surface area (Å²) in [4.78, 5) is 14.2. The van der Waals surface area contributed by atoms with Crippen LogP contribution in [-0.2, 0) is 0 Å². The number of nitrogens with one attached hydrogen (secondary N) is 1. The van der Waals surface area contributed by atoms with Crippen molar-refractivity contribution in [3.8, 4) is 16.5 Å². The van der Waals surface area contributed by atoms with E-state index >= 15 is 0 Å². The van der Waals surface area contributed by atoms with Gasteiger partial charge >= 0.3 is 0 Å². The quantitative estimate of drug-likeness (QED) is 0.532. The highest BCUT2D eigenvalue weighted by atomic mass is 32.1. The van der Waals surface area contributed by atoms with E-state index in [0.717, 1.165) is 33.0 Å². The number of fused-ring (bicyclic) bond motifs is 1. The molecule has 0 aliphatic heterocycles. The lowest BCUT2D eigenvalue weighted by Crippen LogP contribution is -2.17. The molecule has 5 rings (SSSR count). The van der Waals surface area contributed by atoms with Gasteiger partial charge in [-0.25, -0.2) is 9.97 Å². The molecule has 2 heterocycles. The Hall–Kier alpha value is -2.29. The second kappa shape index (κ2) is 8.09. The monoisotopic (exact) mass is 426 g/mol. The molecule has 3 atom stereocenters. The molecule has 0 saturated heterocycles. The number of aliphatic hydroxyl groups is 2. The van der Waals surface area contributed by atoms with E-state index in [4.69, 9.17) is 14.7 Å². The summed E-state index contributed by atoms with van der Waals surface area (Å²) in [5.41, 5.74) is 2.56. The average molecular weight is 427 g/mol. The summed E-state index contributed by atoms with van der Waals surface area (Å²) < 4.78 is 7.41. The Bertz CT molecular complexity index is 1020. The maximum atomic E-state index is 10.2. The Morgan fingerprint density at radius 2 is 2.00 bits per heavy atom. The normalized spacial score (nSPS) is 23.8. The Labute approximate surface area is 179 Å². The molecule has 0 unspecified atom stereocenters. The van der Waals surface area contributed by atoms with Crippen molar-refractivity contribution in [1.82, 2.24) is 15.0 Å². The first-order chi connectivity index (χ1) is 14.6. The van der Waals surface area contributed by atoms with Crippen LogP contribution in [0, 0.1) is 18.8 Å². The second-order valence-corrected chi connectivity index (χ2v) is 9.38. The third-order valence-electron chi connectivity index (χ3n) is 5.94. The molecule has 7 nitrogen and oxygen atoms in total. The third kappa shape index (κ3) is 3.99. The van der Waals surface area contributed by atoms with Crippen LogP contribution in [0.4, 0.5) is 5.95 Å². The number of benzene rings is 1. The van der Waals surface area contributed by atoms with Crippen LogP contribution in [0.5, 0.6) is 5.88 Å². The minimum Gasteiger partial charge on any atom is -0.474 e. The van der Waals surface area contributed by atoms with Gasteiger partial charge in [0.15, 0.2) is 0 Å². The highest BCUT2D eigenvalue weighted by Crippen LogP contribution is 2.39. The number of thiazole rings is 1. The van der Waals surface area contributed by atoms with Gasteiger partial charge in [-0.1, -0.05) is 12.1 Å². The van der Waals surface area contributed by atoms with Crippen molar-refractivity contribution >= 4 is 27.5 Å². The lowest BCUT2D eigenvalue weighted by molar-refractivity contribution is 0.0897. The number of hydrogen-bond donors (Lipinski definition) is 3. The Balaban J connectivity index is 1.50. The molecule has 1 aromatic carbocycles. The van der Waals surface area contributed by atoms with Gasteiger partial charge in [-0.05, 0) is 44.2 Å². The van der Waals surface area contributed by atoms with Gasteiger partial charge < -0.3 is 20.3 Å². The van der Waals surface area contributed by atoms with E-state index in [1.54, 1.807) is 11.3 Å². The molecule has 30 heavy (non-hydrogen) atoms. The molecule has 0 spiro atoms. The van der Waals surface area contributed by atoms with Gasteiger partial charge in [0.05, 0.1) is 27.6 Å². The minimum atomic E-state index is -0.554. The fourth-order valence-corrected chi connectivity index (χ4v) is 5.05. The molecule has 0 radical (unpaired) electrons. The molecule has 2 aliphatic carbocycles. The molecule has 8 heteroatoms. The number of para-hydroxylation sites is 1. The standard InChI is InChI=1S/C22H26N4O3S/c1-12-19(21-25-16-4-2-3-5-18(16)30-21)20(26-22(24-12)23-10-13-6-7-13)29-15-8-14(11-27)17(28)9-15/h2-5,13-15,17,27-28H,6-11H2,1H3,(H,23,24,26)/t14-,15-,17+/m1/s1. The summed E-state index contributed by atoms with van der Waals surface area (Å²) in [5, 5.41) is 23.8. The fourth-order valence-electron chi connectivity index (χ4n) is 4.00. The van der Waals surface area contributed by atoms with Crippen LogP contribution in [0.25, 0.3) is 20.8 Å². The van der Waals surface area contributed by atoms with Crippen LogP contribution in [0.15, 0.2) is 24.3 Å². The Morgan fingerprint density at radius 3 is 2.73 bits per heavy atom. The van der Waals surface area contributed by atoms with Crippen LogP contribution in [0.3, 0.4) is 0 Å². The molecule has 158 valence electrons. The molecule has 0 bridgehead atoms. The van der Waals surface area contributed by atoms with E-state index in [0.29, 0.717) is 30.6 Å². The number of hydrogen-bond acceptors (Lipinski definition) is 8. The van der Waals surface area contributed by atoms with Crippen molar-refractivity contribution in [1.29, 1.82) is 0 Å². The van der Waals surface area contributed by atoms with E-state index in [9.17, 15) is 10.2 Å².